The molecule has 0 heterocycles. The normalized spacial score (nSPS) is 35.8. The highest BCUT2D eigenvalue weighted by molar-refractivity contribution is 5.94. The molecule has 2 N–H and O–H groups in total. The molecule has 0 spiro atoms. The molecule has 0 aromatic rings. The predicted octanol–water partition coefficient (Wildman–Crippen LogP) is 2.33. The van der Waals surface area contributed by atoms with E-state index in [1.807, 2.05) is 6.92 Å². The van der Waals surface area contributed by atoms with E-state index in [9.17, 15) is 24.6 Å². The van der Waals surface area contributed by atoms with E-state index in [2.05, 4.69) is 0 Å². The maximum atomic E-state index is 13.1. The number of carbonyl (C=O) groups is 3. The summed E-state index contributed by atoms with van der Waals surface area (Å²) in [4.78, 5) is 36.7. The topological polar surface area (TPSA) is 101 Å². The molecule has 0 saturated heterocycles. The summed E-state index contributed by atoms with van der Waals surface area (Å²) in [5.41, 5.74) is -1.33. The maximum Gasteiger partial charge on any atom is 0.335 e. The second-order valence-corrected chi connectivity index (χ2v) is 8.57. The number of aliphatic hydroxyl groups excluding tert-OH is 1. The Hall–Kier alpha value is -1.79. The van der Waals surface area contributed by atoms with Gasteiger partial charge in [-0.3, -0.25) is 4.79 Å². The lowest BCUT2D eigenvalue weighted by molar-refractivity contribution is -0.154. The van der Waals surface area contributed by atoms with Gasteiger partial charge in [-0.1, -0.05) is 12.5 Å². The molecule has 0 radical (unpaired) electrons. The molecular formula is C21H30O6. The minimum Gasteiger partial charge on any atom is -0.432 e. The Kier molecular flexibility index (Phi) is 6.43. The summed E-state index contributed by atoms with van der Waals surface area (Å²) >= 11 is 0. The van der Waals surface area contributed by atoms with Gasteiger partial charge in [0.2, 0.25) is 0 Å². The van der Waals surface area contributed by atoms with Gasteiger partial charge in [-0.05, 0) is 63.4 Å². The van der Waals surface area contributed by atoms with Crippen LogP contribution in [0.15, 0.2) is 24.0 Å². The van der Waals surface area contributed by atoms with Crippen molar-refractivity contribution in [3.8, 4) is 0 Å². The van der Waals surface area contributed by atoms with Crippen LogP contribution in [0.3, 0.4) is 0 Å². The Morgan fingerprint density at radius 3 is 2.52 bits per heavy atom. The Morgan fingerprint density at radius 1 is 1.30 bits per heavy atom. The molecule has 2 aliphatic carbocycles. The first-order chi connectivity index (χ1) is 12.5. The summed E-state index contributed by atoms with van der Waals surface area (Å²) in [6.45, 7) is 6.36. The molecular weight excluding hydrogens is 348 g/mol. The molecule has 0 unspecified atom stereocenters. The summed E-state index contributed by atoms with van der Waals surface area (Å²) in [7, 11) is 0. The number of rotatable bonds is 6. The van der Waals surface area contributed by atoms with E-state index in [4.69, 9.17) is 4.74 Å². The monoisotopic (exact) mass is 378 g/mol. The summed E-state index contributed by atoms with van der Waals surface area (Å²) in [6, 6.07) is 0. The number of fused-ring (bicyclic) bond motifs is 2. The number of ether oxygens (including phenoxy) is 1. The zero-order valence-electron chi connectivity index (χ0n) is 16.5. The van der Waals surface area contributed by atoms with Crippen LogP contribution >= 0.6 is 0 Å². The van der Waals surface area contributed by atoms with Gasteiger partial charge in [0.05, 0.1) is 12.9 Å². The first-order valence-electron chi connectivity index (χ1n) is 9.42. The number of Topliss-reactive ketones (excluding diaryl/α,β-unsaturated/α-hetero) is 2. The van der Waals surface area contributed by atoms with Crippen LogP contribution in [0, 0.1) is 23.2 Å². The number of ketones is 2. The molecule has 6 heteroatoms. The van der Waals surface area contributed by atoms with Crippen LogP contribution in [0.2, 0.25) is 0 Å². The van der Waals surface area contributed by atoms with Gasteiger partial charge >= 0.3 is 5.97 Å². The average Bonchev–Trinajstić information content (AvgIpc) is 2.96. The van der Waals surface area contributed by atoms with Gasteiger partial charge in [0.1, 0.15) is 11.4 Å². The van der Waals surface area contributed by atoms with Gasteiger partial charge in [0, 0.05) is 18.4 Å². The largest absolute Gasteiger partial charge is 0.432 e. The van der Waals surface area contributed by atoms with Crippen LogP contribution in [0.1, 0.15) is 53.4 Å². The Bertz CT molecular complexity index is 674. The van der Waals surface area contributed by atoms with Crippen molar-refractivity contribution in [2.24, 2.45) is 23.2 Å². The lowest BCUT2D eigenvalue weighted by atomic mass is 9.67. The number of hydrogen-bond acceptors (Lipinski definition) is 6. The third-order valence-corrected chi connectivity index (χ3v) is 6.08. The fraction of sp³-hybridized carbons (Fsp3) is 0.667. The van der Waals surface area contributed by atoms with Crippen molar-refractivity contribution in [2.45, 2.75) is 59.0 Å². The average molecular weight is 378 g/mol. The molecule has 0 aromatic heterocycles. The number of carbonyl (C=O) groups excluding carboxylic acids is 3. The highest BCUT2D eigenvalue weighted by Crippen LogP contribution is 2.57. The number of aliphatic hydroxyl groups is 2. The molecule has 2 bridgehead atoms. The predicted molar refractivity (Wildman–Crippen MR) is 99.4 cm³/mol. The van der Waals surface area contributed by atoms with Crippen LogP contribution in [0.25, 0.3) is 0 Å². The highest BCUT2D eigenvalue weighted by atomic mass is 16.5. The molecule has 2 saturated carbocycles. The Labute approximate surface area is 160 Å². The van der Waals surface area contributed by atoms with E-state index < -0.39 is 29.9 Å². The SMILES string of the molecule is CC(=O)C[C@@H]1C(=O)[C@](O)(CO)[C@@H]2CC[C@](C)(C2)[C@H]1/C=C/OC(=O)C=C(C)C. The van der Waals surface area contributed by atoms with Crippen molar-refractivity contribution in [3.05, 3.63) is 24.0 Å². The Balaban J connectivity index is 2.38. The summed E-state index contributed by atoms with van der Waals surface area (Å²) in [6.07, 6.45) is 6.28. The van der Waals surface area contributed by atoms with E-state index >= 15 is 0 Å². The van der Waals surface area contributed by atoms with Gasteiger partial charge in [-0.25, -0.2) is 4.79 Å². The molecule has 2 aliphatic rings. The second-order valence-electron chi connectivity index (χ2n) is 8.57. The highest BCUT2D eigenvalue weighted by Gasteiger charge is 2.59. The summed E-state index contributed by atoms with van der Waals surface area (Å²) < 4.78 is 5.11. The van der Waals surface area contributed by atoms with Gasteiger partial charge in [0.25, 0.3) is 0 Å². The fourth-order valence-electron chi connectivity index (χ4n) is 4.72. The molecule has 6 nitrogen and oxygen atoms in total. The van der Waals surface area contributed by atoms with Crippen molar-refractivity contribution in [3.63, 3.8) is 0 Å². The van der Waals surface area contributed by atoms with Gasteiger partial charge in [0.15, 0.2) is 5.78 Å². The van der Waals surface area contributed by atoms with Crippen LogP contribution in [-0.2, 0) is 19.1 Å². The molecule has 0 aliphatic heterocycles. The van der Waals surface area contributed by atoms with Crippen molar-refractivity contribution < 1.29 is 29.3 Å². The minimum absolute atomic E-state index is 0.0135. The molecule has 5 atom stereocenters. The van der Waals surface area contributed by atoms with Crippen molar-refractivity contribution in [1.82, 2.24) is 0 Å². The van der Waals surface area contributed by atoms with Crippen LogP contribution in [0.5, 0.6) is 0 Å². The van der Waals surface area contributed by atoms with Gasteiger partial charge < -0.3 is 19.7 Å². The quantitative estimate of drug-likeness (QED) is 0.418. The van der Waals surface area contributed by atoms with Crippen LogP contribution in [-0.4, -0.2) is 40.0 Å². The number of esters is 1. The first kappa shape index (κ1) is 21.5. The molecule has 2 rings (SSSR count). The summed E-state index contributed by atoms with van der Waals surface area (Å²) in [5, 5.41) is 20.7. The third-order valence-electron chi connectivity index (χ3n) is 6.08. The van der Waals surface area contributed by atoms with E-state index in [0.717, 1.165) is 12.0 Å². The van der Waals surface area contributed by atoms with E-state index in [0.29, 0.717) is 12.8 Å². The van der Waals surface area contributed by atoms with Crippen LogP contribution in [0.4, 0.5) is 0 Å². The van der Waals surface area contributed by atoms with Crippen molar-refractivity contribution in [1.29, 1.82) is 0 Å². The standard InChI is InChI=1S/C21H30O6/c1-13(2)9-18(24)27-8-6-17-16(10-14(3)23)19(25)21(26,12-22)15-5-7-20(17,4)11-15/h6,8-9,15-17,22,26H,5,7,10-12H2,1-4H3/b8-6+/t15-,16+,17+,20-,21+/m1/s1. The molecule has 2 fully saturated rings. The van der Waals surface area contributed by atoms with Crippen molar-refractivity contribution in [2.75, 3.05) is 6.61 Å². The lowest BCUT2D eigenvalue weighted by Crippen LogP contribution is -2.51. The molecule has 0 aromatic carbocycles. The first-order valence-corrected chi connectivity index (χ1v) is 9.42. The zero-order valence-corrected chi connectivity index (χ0v) is 16.5. The third kappa shape index (κ3) is 4.38. The van der Waals surface area contributed by atoms with Gasteiger partial charge in [-0.2, -0.15) is 0 Å². The van der Waals surface area contributed by atoms with E-state index in [-0.39, 0.29) is 29.5 Å². The number of allylic oxidation sites excluding steroid dienone is 2. The van der Waals surface area contributed by atoms with E-state index in [1.54, 1.807) is 19.9 Å². The smallest absolute Gasteiger partial charge is 0.335 e. The second kappa shape index (κ2) is 8.07. The van der Waals surface area contributed by atoms with E-state index in [1.165, 1.54) is 19.3 Å². The summed E-state index contributed by atoms with van der Waals surface area (Å²) in [5.74, 6) is -2.60. The lowest BCUT2D eigenvalue weighted by Gasteiger charge is -2.37. The molecule has 150 valence electrons. The number of hydrogen-bond donors (Lipinski definition) is 2. The molecule has 0 amide bonds. The fourth-order valence-corrected chi connectivity index (χ4v) is 4.72. The maximum absolute atomic E-state index is 13.1. The van der Waals surface area contributed by atoms with Crippen LogP contribution < -0.4 is 0 Å². The Morgan fingerprint density at radius 2 is 1.96 bits per heavy atom. The minimum atomic E-state index is -1.82. The zero-order chi connectivity index (χ0) is 20.4. The van der Waals surface area contributed by atoms with Gasteiger partial charge in [-0.15, -0.1) is 0 Å². The van der Waals surface area contributed by atoms with Crippen molar-refractivity contribution >= 4 is 17.5 Å². The molecule has 27 heavy (non-hydrogen) atoms.